The molecule has 2 N–H and O–H groups in total. The number of rotatable bonds is 5. The Balaban J connectivity index is 2.03. The van der Waals surface area contributed by atoms with E-state index in [2.05, 4.69) is 29.4 Å². The number of carbonyl (C=O) groups is 1. The van der Waals surface area contributed by atoms with Gasteiger partial charge in [0, 0.05) is 24.5 Å². The van der Waals surface area contributed by atoms with Gasteiger partial charge in [-0.3, -0.25) is 0 Å². The minimum atomic E-state index is -0.579. The molecule has 0 unspecified atom stereocenters. The molecule has 0 fully saturated rings. The van der Waals surface area contributed by atoms with E-state index in [1.807, 2.05) is 12.1 Å². The molecule has 0 aliphatic rings. The first kappa shape index (κ1) is 17.1. The third-order valence-electron chi connectivity index (χ3n) is 3.46. The van der Waals surface area contributed by atoms with Crippen LogP contribution in [0.2, 0.25) is 5.02 Å². The molecule has 4 nitrogen and oxygen atoms in total. The fourth-order valence-electron chi connectivity index (χ4n) is 2.24. The molecule has 2 amide bonds. The van der Waals surface area contributed by atoms with E-state index >= 15 is 0 Å². The van der Waals surface area contributed by atoms with Crippen molar-refractivity contribution in [2.24, 2.45) is 0 Å². The molecule has 0 bridgehead atoms. The second kappa shape index (κ2) is 7.83. The number of benzene rings is 2. The number of amides is 2. The standard InChI is InChI=1S/C17H19ClFN3O/c1-3-22(4-2)13-10-8-12(9-11-13)20-17(23)21-16-14(18)6-5-7-15(16)19/h5-11H,3-4H2,1-2H3,(H2,20,21,23). The zero-order valence-corrected chi connectivity index (χ0v) is 13.8. The topological polar surface area (TPSA) is 44.4 Å². The summed E-state index contributed by atoms with van der Waals surface area (Å²) in [5.74, 6) is -0.579. The van der Waals surface area contributed by atoms with Crippen LogP contribution < -0.4 is 15.5 Å². The number of anilines is 3. The van der Waals surface area contributed by atoms with Gasteiger partial charge >= 0.3 is 6.03 Å². The lowest BCUT2D eigenvalue weighted by atomic mass is 10.2. The first-order chi connectivity index (χ1) is 11.0. The second-order valence-corrected chi connectivity index (χ2v) is 5.30. The molecule has 0 radical (unpaired) electrons. The summed E-state index contributed by atoms with van der Waals surface area (Å²) < 4.78 is 13.6. The smallest absolute Gasteiger partial charge is 0.323 e. The molecule has 2 aromatic rings. The molecule has 2 aromatic carbocycles. The lowest BCUT2D eigenvalue weighted by Crippen LogP contribution is -2.22. The Hall–Kier alpha value is -2.27. The Morgan fingerprint density at radius 1 is 1.09 bits per heavy atom. The van der Waals surface area contributed by atoms with Gasteiger partial charge in [-0.1, -0.05) is 17.7 Å². The molecular weight excluding hydrogens is 317 g/mol. The van der Waals surface area contributed by atoms with E-state index in [9.17, 15) is 9.18 Å². The number of urea groups is 1. The summed E-state index contributed by atoms with van der Waals surface area (Å²) in [5.41, 5.74) is 1.66. The van der Waals surface area contributed by atoms with Crippen LogP contribution in [0, 0.1) is 5.82 Å². The monoisotopic (exact) mass is 335 g/mol. The van der Waals surface area contributed by atoms with Gasteiger partial charge in [-0.25, -0.2) is 9.18 Å². The predicted octanol–water partition coefficient (Wildman–Crippen LogP) is 4.97. The van der Waals surface area contributed by atoms with Crippen molar-refractivity contribution in [1.82, 2.24) is 0 Å². The van der Waals surface area contributed by atoms with Gasteiger partial charge in [-0.2, -0.15) is 0 Å². The fraction of sp³-hybridized carbons (Fsp3) is 0.235. The largest absolute Gasteiger partial charge is 0.372 e. The molecule has 0 atom stereocenters. The van der Waals surface area contributed by atoms with E-state index in [-0.39, 0.29) is 10.7 Å². The third kappa shape index (κ3) is 4.36. The number of nitrogens with one attached hydrogen (secondary N) is 2. The van der Waals surface area contributed by atoms with Crippen LogP contribution in [0.15, 0.2) is 42.5 Å². The molecule has 122 valence electrons. The Morgan fingerprint density at radius 3 is 2.30 bits per heavy atom. The molecule has 2 rings (SSSR count). The SMILES string of the molecule is CCN(CC)c1ccc(NC(=O)Nc2c(F)cccc2Cl)cc1. The number of halogens is 2. The lowest BCUT2D eigenvalue weighted by molar-refractivity contribution is 0.262. The van der Waals surface area contributed by atoms with Crippen molar-refractivity contribution in [2.45, 2.75) is 13.8 Å². The molecule has 0 saturated carbocycles. The van der Waals surface area contributed by atoms with Crippen molar-refractivity contribution in [3.8, 4) is 0 Å². The highest BCUT2D eigenvalue weighted by molar-refractivity contribution is 6.33. The first-order valence-corrected chi connectivity index (χ1v) is 7.80. The van der Waals surface area contributed by atoms with Gasteiger partial charge < -0.3 is 15.5 Å². The van der Waals surface area contributed by atoms with Crippen LogP contribution in [0.3, 0.4) is 0 Å². The number of carbonyl (C=O) groups excluding carboxylic acids is 1. The first-order valence-electron chi connectivity index (χ1n) is 7.42. The van der Waals surface area contributed by atoms with E-state index in [0.29, 0.717) is 5.69 Å². The van der Waals surface area contributed by atoms with Gasteiger partial charge in [0.1, 0.15) is 5.82 Å². The number of hydrogen-bond donors (Lipinski definition) is 2. The highest BCUT2D eigenvalue weighted by atomic mass is 35.5. The third-order valence-corrected chi connectivity index (χ3v) is 3.77. The molecule has 0 aliphatic carbocycles. The van der Waals surface area contributed by atoms with Crippen LogP contribution in [-0.4, -0.2) is 19.1 Å². The van der Waals surface area contributed by atoms with Gasteiger partial charge in [-0.05, 0) is 50.2 Å². The Bertz CT molecular complexity index is 652. The Morgan fingerprint density at radius 2 is 1.74 bits per heavy atom. The van der Waals surface area contributed by atoms with Crippen molar-refractivity contribution in [1.29, 1.82) is 0 Å². The molecule has 6 heteroatoms. The van der Waals surface area contributed by atoms with E-state index in [1.165, 1.54) is 18.2 Å². The summed E-state index contributed by atoms with van der Waals surface area (Å²) in [7, 11) is 0. The van der Waals surface area contributed by atoms with Gasteiger partial charge in [0.05, 0.1) is 10.7 Å². The molecular formula is C17H19ClFN3O. The van der Waals surface area contributed by atoms with E-state index in [0.717, 1.165) is 18.8 Å². The molecule has 0 aliphatic heterocycles. The summed E-state index contributed by atoms with van der Waals surface area (Å²) in [6, 6.07) is 11.1. The van der Waals surface area contributed by atoms with E-state index < -0.39 is 11.8 Å². The maximum absolute atomic E-state index is 13.6. The maximum atomic E-state index is 13.6. The Labute approximate surface area is 140 Å². The van der Waals surface area contributed by atoms with Crippen molar-refractivity contribution in [3.63, 3.8) is 0 Å². The average molecular weight is 336 g/mol. The van der Waals surface area contributed by atoms with Crippen molar-refractivity contribution >= 4 is 34.7 Å². The van der Waals surface area contributed by atoms with Crippen LogP contribution in [0.4, 0.5) is 26.2 Å². The molecule has 0 saturated heterocycles. The normalized spacial score (nSPS) is 10.3. The summed E-state index contributed by atoms with van der Waals surface area (Å²) in [6.07, 6.45) is 0. The van der Waals surface area contributed by atoms with Gasteiger partial charge in [-0.15, -0.1) is 0 Å². The molecule has 0 heterocycles. The van der Waals surface area contributed by atoms with Crippen LogP contribution in [-0.2, 0) is 0 Å². The van der Waals surface area contributed by atoms with Gasteiger partial charge in [0.2, 0.25) is 0 Å². The molecule has 0 aromatic heterocycles. The van der Waals surface area contributed by atoms with Crippen molar-refractivity contribution in [2.75, 3.05) is 28.6 Å². The average Bonchev–Trinajstić information content (AvgIpc) is 2.54. The minimum Gasteiger partial charge on any atom is -0.372 e. The van der Waals surface area contributed by atoms with E-state index in [1.54, 1.807) is 12.1 Å². The summed E-state index contributed by atoms with van der Waals surface area (Å²) in [6.45, 7) is 5.99. The number of hydrogen-bond acceptors (Lipinski definition) is 2. The van der Waals surface area contributed by atoms with Crippen LogP contribution in [0.5, 0.6) is 0 Å². The summed E-state index contributed by atoms with van der Waals surface area (Å²) in [4.78, 5) is 14.2. The minimum absolute atomic E-state index is 0.0357. The molecule has 0 spiro atoms. The predicted molar refractivity (Wildman–Crippen MR) is 94.1 cm³/mol. The zero-order valence-electron chi connectivity index (χ0n) is 13.1. The van der Waals surface area contributed by atoms with E-state index in [4.69, 9.17) is 11.6 Å². The van der Waals surface area contributed by atoms with Crippen LogP contribution >= 0.6 is 11.6 Å². The van der Waals surface area contributed by atoms with Gasteiger partial charge in [0.25, 0.3) is 0 Å². The second-order valence-electron chi connectivity index (χ2n) is 4.89. The lowest BCUT2D eigenvalue weighted by Gasteiger charge is -2.21. The number of nitrogens with zero attached hydrogens (tertiary/aromatic N) is 1. The number of para-hydroxylation sites is 1. The van der Waals surface area contributed by atoms with Crippen LogP contribution in [0.1, 0.15) is 13.8 Å². The quantitative estimate of drug-likeness (QED) is 0.810. The summed E-state index contributed by atoms with van der Waals surface area (Å²) >= 11 is 5.88. The highest BCUT2D eigenvalue weighted by Crippen LogP contribution is 2.25. The highest BCUT2D eigenvalue weighted by Gasteiger charge is 2.11. The maximum Gasteiger partial charge on any atom is 0.323 e. The fourth-order valence-corrected chi connectivity index (χ4v) is 2.45. The van der Waals surface area contributed by atoms with Gasteiger partial charge in [0.15, 0.2) is 0 Å². The van der Waals surface area contributed by atoms with Crippen molar-refractivity contribution in [3.05, 3.63) is 53.3 Å². The Kier molecular flexibility index (Phi) is 5.82. The summed E-state index contributed by atoms with van der Waals surface area (Å²) in [5, 5.41) is 5.22. The van der Waals surface area contributed by atoms with Crippen LogP contribution in [0.25, 0.3) is 0 Å². The zero-order chi connectivity index (χ0) is 16.8. The van der Waals surface area contributed by atoms with Crippen molar-refractivity contribution < 1.29 is 9.18 Å². The molecule has 23 heavy (non-hydrogen) atoms.